The molecule has 0 amide bonds. The van der Waals surface area contributed by atoms with Crippen LogP contribution in [0.3, 0.4) is 0 Å². The van der Waals surface area contributed by atoms with Gasteiger partial charge in [0.05, 0.1) is 5.56 Å². The summed E-state index contributed by atoms with van der Waals surface area (Å²) in [5.41, 5.74) is 7.86. The van der Waals surface area contributed by atoms with Crippen molar-refractivity contribution in [3.05, 3.63) is 64.4 Å². The number of aromatic nitrogens is 2. The number of nitrogen functional groups attached to an aromatic ring is 1. The van der Waals surface area contributed by atoms with E-state index in [2.05, 4.69) is 20.6 Å². The minimum atomic E-state index is -0.996. The number of nitrogens with two attached hydrogens (primary N) is 1. The number of anilines is 5. The van der Waals surface area contributed by atoms with Crippen LogP contribution in [0.4, 0.5) is 28.7 Å². The van der Waals surface area contributed by atoms with Crippen LogP contribution in [0, 0.1) is 0 Å². The molecular weight excluding hydrogens is 377 g/mol. The second-order valence-electron chi connectivity index (χ2n) is 5.28. The third kappa shape index (κ3) is 4.14. The van der Waals surface area contributed by atoms with Gasteiger partial charge >= 0.3 is 5.97 Å². The number of carboxylic acids is 1. The molecule has 2 aromatic carbocycles. The molecule has 3 rings (SSSR count). The molecule has 9 heteroatoms. The molecule has 0 saturated heterocycles. The van der Waals surface area contributed by atoms with Crippen LogP contribution in [-0.4, -0.2) is 21.0 Å². The predicted octanol–water partition coefficient (Wildman–Crippen LogP) is 4.55. The Bertz CT molecular complexity index is 944. The van der Waals surface area contributed by atoms with E-state index in [1.54, 1.807) is 30.3 Å². The van der Waals surface area contributed by atoms with Crippen LogP contribution in [0.5, 0.6) is 0 Å². The third-order valence-electron chi connectivity index (χ3n) is 3.40. The van der Waals surface area contributed by atoms with Crippen LogP contribution in [0.15, 0.2) is 48.8 Å². The topological polar surface area (TPSA) is 113 Å². The Morgan fingerprint density at radius 1 is 0.923 bits per heavy atom. The first-order chi connectivity index (χ1) is 12.4. The van der Waals surface area contributed by atoms with E-state index < -0.39 is 5.97 Å². The van der Waals surface area contributed by atoms with Crippen LogP contribution in [0.1, 0.15) is 10.4 Å². The average molecular weight is 390 g/mol. The summed E-state index contributed by atoms with van der Waals surface area (Å²) in [6, 6.07) is 11.2. The van der Waals surface area contributed by atoms with Gasteiger partial charge in [0.25, 0.3) is 0 Å². The summed E-state index contributed by atoms with van der Waals surface area (Å²) < 4.78 is 0. The van der Waals surface area contributed by atoms with Gasteiger partial charge in [0.1, 0.15) is 12.0 Å². The maximum absolute atomic E-state index is 10.9. The number of rotatable bonds is 5. The van der Waals surface area contributed by atoms with Gasteiger partial charge in [-0.2, -0.15) is 0 Å². The highest BCUT2D eigenvalue weighted by molar-refractivity contribution is 6.35. The van der Waals surface area contributed by atoms with Crippen LogP contribution in [0.25, 0.3) is 0 Å². The zero-order valence-electron chi connectivity index (χ0n) is 13.2. The molecule has 0 spiro atoms. The molecule has 26 heavy (non-hydrogen) atoms. The second-order valence-corrected chi connectivity index (χ2v) is 6.15. The quantitative estimate of drug-likeness (QED) is 0.505. The summed E-state index contributed by atoms with van der Waals surface area (Å²) in [7, 11) is 0. The van der Waals surface area contributed by atoms with Crippen molar-refractivity contribution in [3.63, 3.8) is 0 Å². The van der Waals surface area contributed by atoms with Gasteiger partial charge in [-0.25, -0.2) is 14.8 Å². The van der Waals surface area contributed by atoms with Crippen molar-refractivity contribution in [2.45, 2.75) is 0 Å². The molecule has 0 aliphatic heterocycles. The number of nitrogens with zero attached hydrogens (tertiary/aromatic N) is 2. The minimum absolute atomic E-state index is 0.186. The van der Waals surface area contributed by atoms with Crippen molar-refractivity contribution < 1.29 is 9.90 Å². The normalized spacial score (nSPS) is 10.4. The van der Waals surface area contributed by atoms with E-state index in [0.717, 1.165) is 0 Å². The molecule has 0 fully saturated rings. The van der Waals surface area contributed by atoms with Gasteiger partial charge in [0, 0.05) is 21.4 Å². The van der Waals surface area contributed by atoms with Crippen molar-refractivity contribution in [3.8, 4) is 0 Å². The highest BCUT2D eigenvalue weighted by Gasteiger charge is 2.10. The Kier molecular flexibility index (Phi) is 5.11. The Labute approximate surface area is 158 Å². The highest BCUT2D eigenvalue weighted by Crippen LogP contribution is 2.30. The maximum atomic E-state index is 10.9. The lowest BCUT2D eigenvalue weighted by atomic mass is 10.2. The molecule has 7 nitrogen and oxygen atoms in total. The summed E-state index contributed by atoms with van der Waals surface area (Å²) in [6.45, 7) is 0. The Morgan fingerprint density at radius 3 is 2.00 bits per heavy atom. The molecule has 5 N–H and O–H groups in total. The smallest absolute Gasteiger partial charge is 0.335 e. The Hall–Kier alpha value is -3.03. The zero-order valence-corrected chi connectivity index (χ0v) is 14.7. The van der Waals surface area contributed by atoms with Gasteiger partial charge < -0.3 is 21.5 Å². The van der Waals surface area contributed by atoms with Crippen molar-refractivity contribution >= 4 is 57.9 Å². The van der Waals surface area contributed by atoms with Crippen molar-refractivity contribution in [2.75, 3.05) is 16.4 Å². The predicted molar refractivity (Wildman–Crippen MR) is 103 cm³/mol. The number of carbonyl (C=O) groups is 1. The molecular formula is C17H13Cl2N5O2. The Balaban J connectivity index is 1.83. The third-order valence-corrected chi connectivity index (χ3v) is 3.84. The van der Waals surface area contributed by atoms with Gasteiger partial charge in [0.15, 0.2) is 11.6 Å². The molecule has 0 saturated carbocycles. The van der Waals surface area contributed by atoms with Gasteiger partial charge in [0.2, 0.25) is 0 Å². The average Bonchev–Trinajstić information content (AvgIpc) is 2.58. The molecule has 1 aromatic heterocycles. The first-order valence-electron chi connectivity index (χ1n) is 7.36. The van der Waals surface area contributed by atoms with Crippen LogP contribution in [-0.2, 0) is 0 Å². The fourth-order valence-electron chi connectivity index (χ4n) is 2.19. The van der Waals surface area contributed by atoms with Crippen molar-refractivity contribution in [2.24, 2.45) is 0 Å². The number of benzene rings is 2. The molecule has 0 radical (unpaired) electrons. The van der Waals surface area contributed by atoms with Crippen LogP contribution >= 0.6 is 23.2 Å². The minimum Gasteiger partial charge on any atom is -0.478 e. The fourth-order valence-corrected chi connectivity index (χ4v) is 2.72. The van der Waals surface area contributed by atoms with Gasteiger partial charge in [-0.1, -0.05) is 23.2 Å². The van der Waals surface area contributed by atoms with E-state index in [0.29, 0.717) is 33.1 Å². The fraction of sp³-hybridized carbons (Fsp3) is 0. The summed E-state index contributed by atoms with van der Waals surface area (Å²) in [4.78, 5) is 19.1. The second kappa shape index (κ2) is 7.47. The molecule has 0 bridgehead atoms. The number of aromatic carboxylic acids is 1. The first-order valence-corrected chi connectivity index (χ1v) is 8.12. The summed E-state index contributed by atoms with van der Waals surface area (Å²) in [5, 5.41) is 16.0. The van der Waals surface area contributed by atoms with Gasteiger partial charge in [-0.15, -0.1) is 0 Å². The van der Waals surface area contributed by atoms with E-state index in [1.165, 1.54) is 18.5 Å². The van der Waals surface area contributed by atoms with Crippen LogP contribution < -0.4 is 16.4 Å². The summed E-state index contributed by atoms with van der Waals surface area (Å²) in [5.74, 6) is -0.244. The molecule has 3 aromatic rings. The number of nitrogens with one attached hydrogen (secondary N) is 2. The molecule has 132 valence electrons. The Morgan fingerprint density at radius 2 is 1.46 bits per heavy atom. The monoisotopic (exact) mass is 389 g/mol. The van der Waals surface area contributed by atoms with E-state index >= 15 is 0 Å². The van der Waals surface area contributed by atoms with Gasteiger partial charge in [-0.3, -0.25) is 0 Å². The molecule has 0 aliphatic carbocycles. The molecule has 0 aliphatic rings. The zero-order chi connectivity index (χ0) is 18.7. The maximum Gasteiger partial charge on any atom is 0.335 e. The lowest BCUT2D eigenvalue weighted by molar-refractivity contribution is 0.0697. The summed E-state index contributed by atoms with van der Waals surface area (Å²) >= 11 is 12.0. The van der Waals surface area contributed by atoms with Crippen molar-refractivity contribution in [1.29, 1.82) is 0 Å². The van der Waals surface area contributed by atoms with E-state index in [-0.39, 0.29) is 11.3 Å². The van der Waals surface area contributed by atoms with Crippen molar-refractivity contribution in [1.82, 2.24) is 9.97 Å². The van der Waals surface area contributed by atoms with Gasteiger partial charge in [-0.05, 0) is 42.5 Å². The van der Waals surface area contributed by atoms with Crippen LogP contribution in [0.2, 0.25) is 10.0 Å². The standard InChI is InChI=1S/C17H13Cl2N5O2/c18-10-5-11(19)7-13(6-10)24-16-14(20)15(21-8-22-16)23-12-3-1-9(2-4-12)17(25)26/h1-8H,20H2,(H,25,26)(H2,21,22,23,24). The highest BCUT2D eigenvalue weighted by atomic mass is 35.5. The molecule has 1 heterocycles. The molecule has 0 unspecified atom stereocenters. The molecule has 0 atom stereocenters. The first kappa shape index (κ1) is 17.8. The number of carboxylic acid groups (broad SMARTS) is 1. The van der Waals surface area contributed by atoms with E-state index in [4.69, 9.17) is 34.0 Å². The summed E-state index contributed by atoms with van der Waals surface area (Å²) in [6.07, 6.45) is 1.35. The SMILES string of the molecule is Nc1c(Nc2ccc(C(=O)O)cc2)ncnc1Nc1cc(Cl)cc(Cl)c1. The lowest BCUT2D eigenvalue weighted by Crippen LogP contribution is -2.05. The number of hydrogen-bond donors (Lipinski definition) is 4. The number of hydrogen-bond acceptors (Lipinski definition) is 6. The number of halogens is 2. The largest absolute Gasteiger partial charge is 0.478 e. The van der Waals surface area contributed by atoms with E-state index in [9.17, 15) is 4.79 Å². The van der Waals surface area contributed by atoms with E-state index in [1.807, 2.05) is 0 Å². The lowest BCUT2D eigenvalue weighted by Gasteiger charge is -2.13.